The van der Waals surface area contributed by atoms with E-state index in [4.69, 9.17) is 9.47 Å². The van der Waals surface area contributed by atoms with Gasteiger partial charge >= 0.3 is 5.97 Å². The maximum atomic E-state index is 11.6. The summed E-state index contributed by atoms with van der Waals surface area (Å²) in [6, 6.07) is 17.9. The molecule has 23 heavy (non-hydrogen) atoms. The normalized spacial score (nSPS) is 23.6. The Labute approximate surface area is 135 Å². The number of nitrogens with zero attached hydrogens (tertiary/aromatic N) is 1. The molecule has 0 spiro atoms. The van der Waals surface area contributed by atoms with E-state index >= 15 is 0 Å². The van der Waals surface area contributed by atoms with Crippen molar-refractivity contribution in [2.45, 2.75) is 6.54 Å². The second-order valence-electron chi connectivity index (χ2n) is 6.25. The van der Waals surface area contributed by atoms with E-state index in [1.165, 1.54) is 5.56 Å². The molecule has 0 aromatic heterocycles. The molecule has 4 rings (SSSR count). The van der Waals surface area contributed by atoms with Crippen LogP contribution in [-0.4, -0.2) is 30.6 Å². The van der Waals surface area contributed by atoms with Gasteiger partial charge in [0.1, 0.15) is 11.5 Å². The summed E-state index contributed by atoms with van der Waals surface area (Å²) in [5.74, 6) is 2.08. The molecule has 0 saturated carbocycles. The fourth-order valence-corrected chi connectivity index (χ4v) is 3.41. The number of cyclic esters (lactones) is 1. The first kappa shape index (κ1) is 14.3. The lowest BCUT2D eigenvalue weighted by Crippen LogP contribution is -2.23. The lowest BCUT2D eigenvalue weighted by atomic mass is 10.0. The molecule has 0 bridgehead atoms. The molecule has 2 aliphatic heterocycles. The van der Waals surface area contributed by atoms with Gasteiger partial charge in [-0.25, -0.2) is 0 Å². The Hall–Kier alpha value is -2.33. The van der Waals surface area contributed by atoms with Crippen molar-refractivity contribution in [3.05, 3.63) is 60.2 Å². The Kier molecular flexibility index (Phi) is 3.75. The molecule has 2 aromatic rings. The van der Waals surface area contributed by atoms with Crippen LogP contribution in [0.3, 0.4) is 0 Å². The number of ether oxygens (including phenoxy) is 2. The number of benzene rings is 2. The van der Waals surface area contributed by atoms with Crippen molar-refractivity contribution < 1.29 is 14.3 Å². The second kappa shape index (κ2) is 6.05. The summed E-state index contributed by atoms with van der Waals surface area (Å²) < 4.78 is 11.0. The molecule has 2 atom stereocenters. The lowest BCUT2D eigenvalue weighted by molar-refractivity contribution is -0.141. The highest BCUT2D eigenvalue weighted by atomic mass is 16.5. The minimum atomic E-state index is -0.0290. The highest BCUT2D eigenvalue weighted by Crippen LogP contribution is 2.31. The van der Waals surface area contributed by atoms with E-state index in [9.17, 15) is 4.79 Å². The summed E-state index contributed by atoms with van der Waals surface area (Å²) in [7, 11) is 0. The second-order valence-corrected chi connectivity index (χ2v) is 6.25. The SMILES string of the molecule is O=C1OC[C@H]2CN(Cc3cccc(Oc4ccccc4)c3)C[C@@H]12. The molecule has 2 aromatic carbocycles. The zero-order valence-electron chi connectivity index (χ0n) is 12.9. The molecule has 2 fully saturated rings. The van der Waals surface area contributed by atoms with Crippen LogP contribution < -0.4 is 4.74 Å². The molecule has 0 radical (unpaired) electrons. The predicted molar refractivity (Wildman–Crippen MR) is 86.2 cm³/mol. The van der Waals surface area contributed by atoms with E-state index in [1.807, 2.05) is 42.5 Å². The van der Waals surface area contributed by atoms with Gasteiger partial charge in [0, 0.05) is 25.6 Å². The van der Waals surface area contributed by atoms with E-state index in [0.29, 0.717) is 12.5 Å². The number of likely N-dealkylation sites (tertiary alicyclic amines) is 1. The molecule has 118 valence electrons. The summed E-state index contributed by atoms with van der Waals surface area (Å²) in [6.45, 7) is 3.15. The van der Waals surface area contributed by atoms with E-state index in [1.54, 1.807) is 0 Å². The maximum Gasteiger partial charge on any atom is 0.310 e. The first-order valence-corrected chi connectivity index (χ1v) is 7.99. The molecule has 0 aliphatic carbocycles. The van der Waals surface area contributed by atoms with Crippen molar-refractivity contribution in [2.75, 3.05) is 19.7 Å². The van der Waals surface area contributed by atoms with Crippen molar-refractivity contribution in [1.82, 2.24) is 4.90 Å². The molecule has 2 saturated heterocycles. The van der Waals surface area contributed by atoms with Gasteiger partial charge in [0.05, 0.1) is 12.5 Å². The summed E-state index contributed by atoms with van der Waals surface area (Å²) in [4.78, 5) is 14.0. The minimum absolute atomic E-state index is 0.0290. The van der Waals surface area contributed by atoms with Crippen LogP contribution in [0.5, 0.6) is 11.5 Å². The molecular weight excluding hydrogens is 290 g/mol. The van der Waals surface area contributed by atoms with Crippen LogP contribution in [0, 0.1) is 11.8 Å². The zero-order chi connectivity index (χ0) is 15.6. The van der Waals surface area contributed by atoms with E-state index in [-0.39, 0.29) is 11.9 Å². The average molecular weight is 309 g/mol. The number of fused-ring (bicyclic) bond motifs is 1. The molecule has 4 heteroatoms. The largest absolute Gasteiger partial charge is 0.465 e. The van der Waals surface area contributed by atoms with Gasteiger partial charge in [-0.3, -0.25) is 9.69 Å². The molecule has 0 N–H and O–H groups in total. The molecule has 2 aliphatic rings. The maximum absolute atomic E-state index is 11.6. The Morgan fingerprint density at radius 3 is 2.70 bits per heavy atom. The minimum Gasteiger partial charge on any atom is -0.465 e. The first-order valence-electron chi connectivity index (χ1n) is 7.99. The Morgan fingerprint density at radius 1 is 1.04 bits per heavy atom. The molecule has 0 unspecified atom stereocenters. The van der Waals surface area contributed by atoms with Gasteiger partial charge in [-0.15, -0.1) is 0 Å². The molecular formula is C19H19NO3. The van der Waals surface area contributed by atoms with Crippen molar-refractivity contribution in [3.63, 3.8) is 0 Å². The fourth-order valence-electron chi connectivity index (χ4n) is 3.41. The van der Waals surface area contributed by atoms with Gasteiger partial charge < -0.3 is 9.47 Å². The van der Waals surface area contributed by atoms with Gasteiger partial charge in [0.15, 0.2) is 0 Å². The number of carbonyl (C=O) groups excluding carboxylic acids is 1. The molecule has 4 nitrogen and oxygen atoms in total. The summed E-state index contributed by atoms with van der Waals surface area (Å²) in [6.07, 6.45) is 0. The van der Waals surface area contributed by atoms with Gasteiger partial charge in [0.25, 0.3) is 0 Å². The van der Waals surface area contributed by atoms with Crippen LogP contribution in [0.25, 0.3) is 0 Å². The van der Waals surface area contributed by atoms with Crippen molar-refractivity contribution in [2.24, 2.45) is 11.8 Å². The van der Waals surface area contributed by atoms with E-state index in [2.05, 4.69) is 17.0 Å². The highest BCUT2D eigenvalue weighted by Gasteiger charge is 2.43. The van der Waals surface area contributed by atoms with Crippen LogP contribution in [-0.2, 0) is 16.1 Å². The number of para-hydroxylation sites is 1. The smallest absolute Gasteiger partial charge is 0.310 e. The summed E-state index contributed by atoms with van der Waals surface area (Å²) in [5, 5.41) is 0. The van der Waals surface area contributed by atoms with E-state index in [0.717, 1.165) is 31.1 Å². The highest BCUT2D eigenvalue weighted by molar-refractivity contribution is 5.75. The monoisotopic (exact) mass is 309 g/mol. The summed E-state index contributed by atoms with van der Waals surface area (Å²) in [5.41, 5.74) is 1.20. The number of hydrogen-bond acceptors (Lipinski definition) is 4. The topological polar surface area (TPSA) is 38.8 Å². The molecule has 2 heterocycles. The fraction of sp³-hybridized carbons (Fsp3) is 0.316. The first-order chi connectivity index (χ1) is 11.3. The third-order valence-electron chi connectivity index (χ3n) is 4.54. The van der Waals surface area contributed by atoms with Crippen molar-refractivity contribution >= 4 is 5.97 Å². The quantitative estimate of drug-likeness (QED) is 0.814. The zero-order valence-corrected chi connectivity index (χ0v) is 12.9. The Bertz CT molecular complexity index is 701. The van der Waals surface area contributed by atoms with Crippen LogP contribution >= 0.6 is 0 Å². The number of rotatable bonds is 4. The number of carbonyl (C=O) groups is 1. The van der Waals surface area contributed by atoms with Crippen LogP contribution in [0.4, 0.5) is 0 Å². The average Bonchev–Trinajstić information content (AvgIpc) is 3.11. The third kappa shape index (κ3) is 3.08. The van der Waals surface area contributed by atoms with Gasteiger partial charge in [-0.2, -0.15) is 0 Å². The van der Waals surface area contributed by atoms with Gasteiger partial charge in [-0.1, -0.05) is 30.3 Å². The van der Waals surface area contributed by atoms with Crippen molar-refractivity contribution in [3.8, 4) is 11.5 Å². The van der Waals surface area contributed by atoms with Crippen LogP contribution in [0.2, 0.25) is 0 Å². The van der Waals surface area contributed by atoms with Gasteiger partial charge in [0.2, 0.25) is 0 Å². The predicted octanol–water partition coefficient (Wildman–Crippen LogP) is 3.08. The van der Waals surface area contributed by atoms with Gasteiger partial charge in [-0.05, 0) is 29.8 Å². The lowest BCUT2D eigenvalue weighted by Gasteiger charge is -2.17. The van der Waals surface area contributed by atoms with Crippen molar-refractivity contribution in [1.29, 1.82) is 0 Å². The Morgan fingerprint density at radius 2 is 1.87 bits per heavy atom. The number of hydrogen-bond donors (Lipinski definition) is 0. The van der Waals surface area contributed by atoms with E-state index < -0.39 is 0 Å². The number of esters is 1. The summed E-state index contributed by atoms with van der Waals surface area (Å²) >= 11 is 0. The standard InChI is InChI=1S/C19H19NO3/c21-19-18-12-20(11-15(18)13-22-19)10-14-5-4-8-17(9-14)23-16-6-2-1-3-7-16/h1-9,15,18H,10-13H2/t15-,18-/m1/s1. The molecule has 0 amide bonds. The Balaban J connectivity index is 1.42. The van der Waals surface area contributed by atoms with Crippen LogP contribution in [0.15, 0.2) is 54.6 Å². The third-order valence-corrected chi connectivity index (χ3v) is 4.54. The van der Waals surface area contributed by atoms with Crippen LogP contribution in [0.1, 0.15) is 5.56 Å².